The van der Waals surface area contributed by atoms with Gasteiger partial charge in [0.2, 0.25) is 11.8 Å². The van der Waals surface area contributed by atoms with E-state index < -0.39 is 6.04 Å². The van der Waals surface area contributed by atoms with Gasteiger partial charge < -0.3 is 19.7 Å². The molecule has 6 nitrogen and oxygen atoms in total. The van der Waals surface area contributed by atoms with Crippen LogP contribution >= 0.6 is 11.6 Å². The van der Waals surface area contributed by atoms with E-state index in [1.165, 1.54) is 0 Å². The van der Waals surface area contributed by atoms with Crippen LogP contribution in [0.15, 0.2) is 42.5 Å². The van der Waals surface area contributed by atoms with E-state index in [1.54, 1.807) is 24.0 Å². The molecule has 0 aliphatic carbocycles. The Kier molecular flexibility index (Phi) is 8.80. The molecule has 0 saturated carbocycles. The molecular formula is C25H31ClN2O4. The standard InChI is InChI=1S/C25H31ClN2O4/c1-3-4-13-27-25(30)18(2)28(17-20-5-9-21(26)10-6-20)24(29)12-8-19-7-11-22-23(16-19)32-15-14-31-22/h5-7,9-11,16,18H,3-4,8,12-15,17H2,1-2H3,(H,27,30)/t18-/m1/s1. The van der Waals surface area contributed by atoms with Crippen LogP contribution in [0, 0.1) is 0 Å². The van der Waals surface area contributed by atoms with E-state index in [-0.39, 0.29) is 11.8 Å². The lowest BCUT2D eigenvalue weighted by Crippen LogP contribution is -2.47. The Hall–Kier alpha value is -2.73. The average molecular weight is 459 g/mol. The van der Waals surface area contributed by atoms with Crippen LogP contribution in [0.1, 0.15) is 44.2 Å². The Balaban J connectivity index is 1.68. The zero-order valence-corrected chi connectivity index (χ0v) is 19.5. The van der Waals surface area contributed by atoms with Gasteiger partial charge in [-0.15, -0.1) is 0 Å². The summed E-state index contributed by atoms with van der Waals surface area (Å²) in [5.41, 5.74) is 1.92. The van der Waals surface area contributed by atoms with Crippen molar-refractivity contribution in [3.05, 3.63) is 58.6 Å². The van der Waals surface area contributed by atoms with Crippen LogP contribution in [0.5, 0.6) is 11.5 Å². The van der Waals surface area contributed by atoms with Gasteiger partial charge in [-0.1, -0.05) is 43.1 Å². The van der Waals surface area contributed by atoms with Gasteiger partial charge in [0.05, 0.1) is 0 Å². The molecule has 0 aromatic heterocycles. The fourth-order valence-electron chi connectivity index (χ4n) is 3.54. The van der Waals surface area contributed by atoms with Gasteiger partial charge in [-0.25, -0.2) is 0 Å². The van der Waals surface area contributed by atoms with E-state index >= 15 is 0 Å². The zero-order chi connectivity index (χ0) is 22.9. The molecule has 2 aromatic rings. The maximum Gasteiger partial charge on any atom is 0.242 e. The summed E-state index contributed by atoms with van der Waals surface area (Å²) in [6.07, 6.45) is 2.75. The van der Waals surface area contributed by atoms with Crippen molar-refractivity contribution in [2.75, 3.05) is 19.8 Å². The van der Waals surface area contributed by atoms with E-state index in [0.29, 0.717) is 49.9 Å². The summed E-state index contributed by atoms with van der Waals surface area (Å²) in [5, 5.41) is 3.57. The summed E-state index contributed by atoms with van der Waals surface area (Å²) in [7, 11) is 0. The van der Waals surface area contributed by atoms with Gasteiger partial charge in [0.15, 0.2) is 11.5 Å². The maximum absolute atomic E-state index is 13.2. The van der Waals surface area contributed by atoms with Crippen LogP contribution < -0.4 is 14.8 Å². The van der Waals surface area contributed by atoms with Crippen molar-refractivity contribution in [3.63, 3.8) is 0 Å². The molecule has 0 bridgehead atoms. The van der Waals surface area contributed by atoms with Gasteiger partial charge in [-0.3, -0.25) is 9.59 Å². The third kappa shape index (κ3) is 6.63. The third-order valence-electron chi connectivity index (χ3n) is 5.50. The Bertz CT molecular complexity index is 917. The molecule has 3 rings (SSSR count). The van der Waals surface area contributed by atoms with Gasteiger partial charge in [-0.2, -0.15) is 0 Å². The van der Waals surface area contributed by atoms with Crippen LogP contribution in [0.2, 0.25) is 5.02 Å². The summed E-state index contributed by atoms with van der Waals surface area (Å²) in [6, 6.07) is 12.5. The Labute approximate surface area is 194 Å². The third-order valence-corrected chi connectivity index (χ3v) is 5.75. The van der Waals surface area contributed by atoms with Gasteiger partial charge in [0, 0.05) is 24.5 Å². The summed E-state index contributed by atoms with van der Waals surface area (Å²) >= 11 is 6.00. The highest BCUT2D eigenvalue weighted by atomic mass is 35.5. The number of benzene rings is 2. The van der Waals surface area contributed by atoms with Crippen LogP contribution in [-0.2, 0) is 22.6 Å². The molecule has 1 aliphatic rings. The summed E-state index contributed by atoms with van der Waals surface area (Å²) in [5.74, 6) is 1.23. The highest BCUT2D eigenvalue weighted by Gasteiger charge is 2.26. The first-order chi connectivity index (χ1) is 15.5. The van der Waals surface area contributed by atoms with Crippen LogP contribution in [-0.4, -0.2) is 42.5 Å². The molecule has 0 radical (unpaired) electrons. The fraction of sp³-hybridized carbons (Fsp3) is 0.440. The molecule has 1 aliphatic heterocycles. The second-order valence-electron chi connectivity index (χ2n) is 7.95. The molecule has 1 atom stereocenters. The monoisotopic (exact) mass is 458 g/mol. The minimum Gasteiger partial charge on any atom is -0.486 e. The number of unbranched alkanes of at least 4 members (excludes halogenated alkanes) is 1. The maximum atomic E-state index is 13.2. The predicted molar refractivity (Wildman–Crippen MR) is 125 cm³/mol. The largest absolute Gasteiger partial charge is 0.486 e. The molecule has 0 unspecified atom stereocenters. The number of nitrogens with zero attached hydrogens (tertiary/aromatic N) is 1. The lowest BCUT2D eigenvalue weighted by Gasteiger charge is -2.29. The molecule has 0 fully saturated rings. The van der Waals surface area contributed by atoms with Crippen molar-refractivity contribution < 1.29 is 19.1 Å². The number of aryl methyl sites for hydroxylation is 1. The molecule has 172 valence electrons. The lowest BCUT2D eigenvalue weighted by molar-refractivity contribution is -0.140. The van der Waals surface area contributed by atoms with Crippen molar-refractivity contribution in [1.29, 1.82) is 0 Å². The van der Waals surface area contributed by atoms with Crippen LogP contribution in [0.25, 0.3) is 0 Å². The van der Waals surface area contributed by atoms with E-state index in [4.69, 9.17) is 21.1 Å². The van der Waals surface area contributed by atoms with Gasteiger partial charge >= 0.3 is 0 Å². The number of carbonyl (C=O) groups excluding carboxylic acids is 2. The number of hydrogen-bond acceptors (Lipinski definition) is 4. The Morgan fingerprint density at radius 3 is 2.47 bits per heavy atom. The molecular weight excluding hydrogens is 428 g/mol. The number of fused-ring (bicyclic) bond motifs is 1. The lowest BCUT2D eigenvalue weighted by atomic mass is 10.1. The number of carbonyl (C=O) groups is 2. The summed E-state index contributed by atoms with van der Waals surface area (Å²) < 4.78 is 11.2. The first-order valence-electron chi connectivity index (χ1n) is 11.2. The molecule has 0 spiro atoms. The van der Waals surface area contributed by atoms with E-state index in [1.807, 2.05) is 30.3 Å². The Morgan fingerprint density at radius 2 is 1.75 bits per heavy atom. The van der Waals surface area contributed by atoms with Crippen molar-refractivity contribution in [2.24, 2.45) is 0 Å². The Morgan fingerprint density at radius 1 is 1.06 bits per heavy atom. The second kappa shape index (κ2) is 11.8. The number of hydrogen-bond donors (Lipinski definition) is 1. The first kappa shape index (κ1) is 23.9. The van der Waals surface area contributed by atoms with Gasteiger partial charge in [0.1, 0.15) is 19.3 Å². The number of amides is 2. The number of nitrogens with one attached hydrogen (secondary N) is 1. The quantitative estimate of drug-likeness (QED) is 0.536. The average Bonchev–Trinajstić information content (AvgIpc) is 2.81. The minimum atomic E-state index is -0.574. The molecule has 2 amide bonds. The van der Waals surface area contributed by atoms with E-state index in [0.717, 1.165) is 29.7 Å². The second-order valence-corrected chi connectivity index (χ2v) is 8.38. The SMILES string of the molecule is CCCCNC(=O)[C@@H](C)N(Cc1ccc(Cl)cc1)C(=O)CCc1ccc2c(c1)OCCO2. The van der Waals surface area contributed by atoms with Crippen molar-refractivity contribution >= 4 is 23.4 Å². The number of ether oxygens (including phenoxy) is 2. The fourth-order valence-corrected chi connectivity index (χ4v) is 3.67. The highest BCUT2D eigenvalue weighted by molar-refractivity contribution is 6.30. The topological polar surface area (TPSA) is 67.9 Å². The predicted octanol–water partition coefficient (Wildman–Crippen LogP) is 4.38. The minimum absolute atomic E-state index is 0.0759. The summed E-state index contributed by atoms with van der Waals surface area (Å²) in [4.78, 5) is 27.5. The highest BCUT2D eigenvalue weighted by Crippen LogP contribution is 2.31. The molecule has 2 aromatic carbocycles. The van der Waals surface area contributed by atoms with Gasteiger partial charge in [0.25, 0.3) is 0 Å². The molecule has 1 heterocycles. The van der Waals surface area contributed by atoms with E-state index in [9.17, 15) is 9.59 Å². The first-order valence-corrected chi connectivity index (χ1v) is 11.6. The molecule has 32 heavy (non-hydrogen) atoms. The zero-order valence-electron chi connectivity index (χ0n) is 18.7. The molecule has 0 saturated heterocycles. The van der Waals surface area contributed by atoms with Crippen LogP contribution in [0.4, 0.5) is 0 Å². The van der Waals surface area contributed by atoms with Crippen molar-refractivity contribution in [2.45, 2.75) is 52.1 Å². The normalized spacial score (nSPS) is 13.3. The van der Waals surface area contributed by atoms with Crippen LogP contribution in [0.3, 0.4) is 0 Å². The van der Waals surface area contributed by atoms with Crippen molar-refractivity contribution in [1.82, 2.24) is 10.2 Å². The molecule has 7 heteroatoms. The summed E-state index contributed by atoms with van der Waals surface area (Å²) in [6.45, 7) is 5.87. The smallest absolute Gasteiger partial charge is 0.242 e. The van der Waals surface area contributed by atoms with Crippen molar-refractivity contribution in [3.8, 4) is 11.5 Å². The number of halogens is 1. The van der Waals surface area contributed by atoms with Gasteiger partial charge in [-0.05, 0) is 55.2 Å². The molecule has 1 N–H and O–H groups in total. The number of rotatable bonds is 10. The van der Waals surface area contributed by atoms with E-state index in [2.05, 4.69) is 12.2 Å².